The van der Waals surface area contributed by atoms with Crippen molar-refractivity contribution in [1.82, 2.24) is 10.6 Å². The number of hydrogen-bond acceptors (Lipinski definition) is 17. The van der Waals surface area contributed by atoms with E-state index in [-0.39, 0.29) is 78.3 Å². The number of hydrogen-bond donors (Lipinski definition) is 9. The standard InChI is InChI=1S/C56H84N2O13S2/c1-4-67-44(62)15-12-36-28-37-18-26-68-46(37)48-47(36)70-50-56(66)45-38(11-13-40(60)39(45)32-59)30-54(65,49(56)63)55(71-50)33-72-73-53(42(58-25-27-69-48)14-10-34(2)8-7-9-43(55)61)24-23-51(21-16-35(29-51)31-57-3)41(53)17-22-52(64)19-5-6-20-52/h11,13,18,26,28,34-35,38-43,45,49-50,57-61,63-66H,4-10,12,14-17,19-25,27,29-33H2,1-3H3. The van der Waals surface area contributed by atoms with Crippen LogP contribution in [0.3, 0.4) is 0 Å². The summed E-state index contributed by atoms with van der Waals surface area (Å²) in [4.78, 5) is 13.0. The number of ether oxygens (including phenoxy) is 4. The van der Waals surface area contributed by atoms with Crippen LogP contribution in [0.15, 0.2) is 35.0 Å². The van der Waals surface area contributed by atoms with Crippen molar-refractivity contribution in [2.24, 2.45) is 40.9 Å². The third-order valence-corrected chi connectivity index (χ3v) is 23.3. The number of carbonyl (C=O) groups is 1. The average molecular weight is 1060 g/mol. The van der Waals surface area contributed by atoms with Crippen LogP contribution in [0.4, 0.5) is 0 Å². The fourth-order valence-corrected chi connectivity index (χ4v) is 20.4. The first-order chi connectivity index (χ1) is 35.1. The lowest BCUT2D eigenvalue weighted by molar-refractivity contribution is -0.424. The summed E-state index contributed by atoms with van der Waals surface area (Å²) in [7, 11) is 5.44. The number of esters is 1. The Kier molecular flexibility index (Phi) is 16.0. The smallest absolute Gasteiger partial charge is 0.306 e. The zero-order chi connectivity index (χ0) is 51.4. The maximum Gasteiger partial charge on any atom is 0.306 e. The normalized spacial score (nSPS) is 42.6. The Labute approximate surface area is 439 Å². The molecule has 3 spiro atoms. The number of benzene rings is 1. The van der Waals surface area contributed by atoms with E-state index >= 15 is 0 Å². The van der Waals surface area contributed by atoms with Gasteiger partial charge in [-0.2, -0.15) is 0 Å². The van der Waals surface area contributed by atoms with E-state index in [4.69, 9.17) is 23.4 Å². The number of furan rings is 1. The summed E-state index contributed by atoms with van der Waals surface area (Å²) in [5, 5.41) is 96.5. The summed E-state index contributed by atoms with van der Waals surface area (Å²) in [6.07, 6.45) is 12.7. The first kappa shape index (κ1) is 54.2. The fraction of sp³-hybridized carbons (Fsp3) is 0.804. The minimum atomic E-state index is -2.49. The monoisotopic (exact) mass is 1060 g/mol. The van der Waals surface area contributed by atoms with E-state index in [1.807, 2.05) is 23.9 Å². The molecule has 16 atom stereocenters. The summed E-state index contributed by atoms with van der Waals surface area (Å²) in [5.41, 5.74) is -6.46. The van der Waals surface area contributed by atoms with Gasteiger partial charge in [0.1, 0.15) is 23.9 Å². The summed E-state index contributed by atoms with van der Waals surface area (Å²) in [5.74, 6) is -1.80. The molecule has 408 valence electrons. The summed E-state index contributed by atoms with van der Waals surface area (Å²) < 4.78 is 32.5. The molecule has 1 aromatic carbocycles. The number of nitrogens with one attached hydrogen (secondary N) is 2. The first-order valence-electron chi connectivity index (χ1n) is 27.9. The van der Waals surface area contributed by atoms with Gasteiger partial charge in [-0.3, -0.25) is 4.79 Å². The molecule has 73 heavy (non-hydrogen) atoms. The van der Waals surface area contributed by atoms with Gasteiger partial charge in [0.2, 0.25) is 12.0 Å². The maximum absolute atomic E-state index is 13.7. The predicted molar refractivity (Wildman–Crippen MR) is 280 cm³/mol. The minimum Gasteiger partial charge on any atom is -0.485 e. The molecule has 2 aromatic rings. The molecule has 16 unspecified atom stereocenters. The molecular formula is C56H84N2O13S2. The molecule has 5 bridgehead atoms. The van der Waals surface area contributed by atoms with Crippen molar-refractivity contribution in [3.05, 3.63) is 36.1 Å². The lowest BCUT2D eigenvalue weighted by atomic mass is 9.50. The number of rotatable bonds is 10. The number of aliphatic hydroxyl groups excluding tert-OH is 4. The Hall–Kier alpha value is -2.13. The van der Waals surface area contributed by atoms with Crippen molar-refractivity contribution >= 4 is 38.5 Å². The van der Waals surface area contributed by atoms with E-state index in [0.29, 0.717) is 41.3 Å². The van der Waals surface area contributed by atoms with Gasteiger partial charge in [0.25, 0.3) is 0 Å². The number of aliphatic hydroxyl groups is 7. The summed E-state index contributed by atoms with van der Waals surface area (Å²) >= 11 is 0. The van der Waals surface area contributed by atoms with Gasteiger partial charge >= 0.3 is 5.97 Å². The van der Waals surface area contributed by atoms with Crippen LogP contribution in [0, 0.1) is 40.9 Å². The molecule has 15 nitrogen and oxygen atoms in total. The number of fused-ring (bicyclic) bond motifs is 11. The van der Waals surface area contributed by atoms with Crippen molar-refractivity contribution in [2.45, 2.75) is 194 Å². The summed E-state index contributed by atoms with van der Waals surface area (Å²) in [6.45, 7) is 5.29. The second-order valence-corrected chi connectivity index (χ2v) is 26.6. The van der Waals surface area contributed by atoms with Crippen LogP contribution in [0.5, 0.6) is 11.5 Å². The number of allylic oxidation sites excluding steroid dienone is 1. The van der Waals surface area contributed by atoms with Gasteiger partial charge in [-0.1, -0.05) is 66.3 Å². The third kappa shape index (κ3) is 9.52. The molecule has 8 aliphatic rings. The van der Waals surface area contributed by atoms with Crippen molar-refractivity contribution in [3.63, 3.8) is 0 Å². The van der Waals surface area contributed by atoms with Crippen LogP contribution in [0.25, 0.3) is 11.0 Å². The van der Waals surface area contributed by atoms with E-state index in [9.17, 15) is 40.5 Å². The molecule has 0 radical (unpaired) electrons. The zero-order valence-corrected chi connectivity index (χ0v) is 44.9. The Morgan fingerprint density at radius 3 is 2.58 bits per heavy atom. The van der Waals surface area contributed by atoms with Crippen molar-refractivity contribution < 1.29 is 63.9 Å². The zero-order valence-electron chi connectivity index (χ0n) is 43.3. The van der Waals surface area contributed by atoms with Gasteiger partial charge in [0, 0.05) is 53.3 Å². The molecule has 2 saturated heterocycles. The van der Waals surface area contributed by atoms with Crippen molar-refractivity contribution in [1.29, 1.82) is 0 Å². The van der Waals surface area contributed by atoms with E-state index in [1.165, 1.54) is 0 Å². The second-order valence-electron chi connectivity index (χ2n) is 24.0. The lowest BCUT2D eigenvalue weighted by Gasteiger charge is -2.67. The Bertz CT molecular complexity index is 2280. The highest BCUT2D eigenvalue weighted by Crippen LogP contribution is 2.69. The molecule has 3 aliphatic heterocycles. The van der Waals surface area contributed by atoms with Crippen LogP contribution < -0.4 is 20.1 Å². The highest BCUT2D eigenvalue weighted by Gasteiger charge is 2.78. The fourth-order valence-electron chi connectivity index (χ4n) is 16.2. The second kappa shape index (κ2) is 21.6. The molecule has 4 heterocycles. The molecular weight excluding hydrogens is 973 g/mol. The molecule has 17 heteroatoms. The van der Waals surface area contributed by atoms with Crippen LogP contribution in [-0.4, -0.2) is 145 Å². The van der Waals surface area contributed by atoms with Gasteiger partial charge in [-0.05, 0) is 157 Å². The third-order valence-electron chi connectivity index (χ3n) is 19.9. The van der Waals surface area contributed by atoms with E-state index in [2.05, 4.69) is 17.6 Å². The van der Waals surface area contributed by atoms with E-state index in [1.54, 1.807) is 42.2 Å². The Morgan fingerprint density at radius 1 is 0.973 bits per heavy atom. The highest BCUT2D eigenvalue weighted by molar-refractivity contribution is 8.77. The minimum absolute atomic E-state index is 0.00691. The predicted octanol–water partition coefficient (Wildman–Crippen LogP) is 6.33. The quantitative estimate of drug-likeness (QED) is 0.0719. The van der Waals surface area contributed by atoms with Crippen LogP contribution >= 0.6 is 21.6 Å². The van der Waals surface area contributed by atoms with Gasteiger partial charge in [-0.15, -0.1) is 0 Å². The topological polar surface area (TPSA) is 233 Å². The highest BCUT2D eigenvalue weighted by atomic mass is 33.1. The van der Waals surface area contributed by atoms with Crippen molar-refractivity contribution in [2.75, 3.05) is 45.7 Å². The average Bonchev–Trinajstić information content (AvgIpc) is 4.18. The summed E-state index contributed by atoms with van der Waals surface area (Å²) in [6, 6.07) is 3.65. The van der Waals surface area contributed by atoms with Gasteiger partial charge in [0.15, 0.2) is 16.9 Å². The van der Waals surface area contributed by atoms with E-state index in [0.717, 1.165) is 96.4 Å². The van der Waals surface area contributed by atoms with Crippen molar-refractivity contribution in [3.8, 4) is 11.5 Å². The lowest BCUT2D eigenvalue weighted by Crippen LogP contribution is -2.86. The number of carbonyl (C=O) groups excluding carboxylic acids is 1. The molecule has 0 amide bonds. The van der Waals surface area contributed by atoms with Crippen LogP contribution in [-0.2, 0) is 20.7 Å². The SMILES string of the molecule is CCOC(=O)CCc1cc2ccoc2c2c1OC1OC3(CSSC4(CCC5(CCC(CNC)C5)C4CCC4(O)CCCC4)C(CCC(C)CCCC3O)NCCO2)C2(O)CC3C=CC(O)C(CO)C3C1(O)C2O. The first-order valence-corrected chi connectivity index (χ1v) is 30.3. The molecule has 1 aromatic heterocycles. The van der Waals surface area contributed by atoms with Gasteiger partial charge in [-0.25, -0.2) is 0 Å². The molecule has 10 rings (SSSR count). The molecule has 5 aliphatic carbocycles. The van der Waals surface area contributed by atoms with Gasteiger partial charge in [0.05, 0.1) is 30.7 Å². The molecule has 4 saturated carbocycles. The molecule has 6 fully saturated rings. The van der Waals surface area contributed by atoms with E-state index < -0.39 is 77.3 Å². The number of aryl methyl sites for hydroxylation is 1. The largest absolute Gasteiger partial charge is 0.485 e. The van der Waals surface area contributed by atoms with Crippen LogP contribution in [0.1, 0.15) is 135 Å². The maximum atomic E-state index is 13.7. The Balaban J connectivity index is 1.16. The van der Waals surface area contributed by atoms with Gasteiger partial charge < -0.3 is 69.7 Å². The molecule has 9 N–H and O–H groups in total. The Morgan fingerprint density at radius 2 is 1.79 bits per heavy atom. The van der Waals surface area contributed by atoms with Crippen LogP contribution in [0.2, 0.25) is 0 Å².